The highest BCUT2D eigenvalue weighted by Gasteiger charge is 2.66. The number of alkyl halides is 1. The number of fused-ring (bicyclic) bond motifs is 1. The summed E-state index contributed by atoms with van der Waals surface area (Å²) in [6.07, 6.45) is 2.26. The molecule has 1 aliphatic heterocycles. The van der Waals surface area contributed by atoms with Crippen molar-refractivity contribution in [2.24, 2.45) is 5.41 Å². The second kappa shape index (κ2) is 1.96. The molecule has 2 N–H and O–H groups in total. The van der Waals surface area contributed by atoms with Crippen LogP contribution >= 0.6 is 15.9 Å². The summed E-state index contributed by atoms with van der Waals surface area (Å²) in [5.41, 5.74) is 0.234. The highest BCUT2D eigenvalue weighted by Crippen LogP contribution is 2.64. The first kappa shape index (κ1) is 7.07. The summed E-state index contributed by atoms with van der Waals surface area (Å²) in [6, 6.07) is 0. The molecule has 0 bridgehead atoms. The molecule has 2 nitrogen and oxygen atoms in total. The SMILES string of the molecule is OC[C@@]12CCNC[C@]1(Br)C2. The van der Waals surface area contributed by atoms with E-state index in [0.717, 1.165) is 25.9 Å². The quantitative estimate of drug-likeness (QED) is 0.612. The fourth-order valence-corrected chi connectivity index (χ4v) is 3.00. The summed E-state index contributed by atoms with van der Waals surface area (Å²) in [7, 11) is 0. The second-order valence-electron chi connectivity index (χ2n) is 3.51. The van der Waals surface area contributed by atoms with Crippen LogP contribution in [0.1, 0.15) is 12.8 Å². The number of hydrogen-bond donors (Lipinski definition) is 2. The summed E-state index contributed by atoms with van der Waals surface area (Å²) in [4.78, 5) is 0. The van der Waals surface area contributed by atoms with Crippen molar-refractivity contribution in [2.75, 3.05) is 19.7 Å². The normalized spacial score (nSPS) is 52.2. The molecule has 1 heterocycles. The minimum atomic E-state index is 0.234. The van der Waals surface area contributed by atoms with Crippen LogP contribution in [-0.4, -0.2) is 29.1 Å². The van der Waals surface area contributed by atoms with Gasteiger partial charge in [0.15, 0.2) is 0 Å². The Labute approximate surface area is 69.1 Å². The molecule has 2 rings (SSSR count). The standard InChI is InChI=1S/C7H12BrNO/c8-7-3-6(7,5-10)1-2-9-4-7/h9-10H,1-5H2/t6-,7+/m0/s1. The molecular weight excluding hydrogens is 194 g/mol. The lowest BCUT2D eigenvalue weighted by molar-refractivity contribution is 0.184. The van der Waals surface area contributed by atoms with E-state index in [1.54, 1.807) is 0 Å². The maximum absolute atomic E-state index is 9.10. The maximum atomic E-state index is 9.10. The van der Waals surface area contributed by atoms with Crippen LogP contribution in [0.2, 0.25) is 0 Å². The summed E-state index contributed by atoms with van der Waals surface area (Å²) in [5, 5.41) is 12.4. The topological polar surface area (TPSA) is 32.3 Å². The van der Waals surface area contributed by atoms with Crippen LogP contribution < -0.4 is 5.32 Å². The number of nitrogens with one attached hydrogen (secondary N) is 1. The first-order valence-electron chi connectivity index (χ1n) is 3.73. The Balaban J connectivity index is 2.13. The van der Waals surface area contributed by atoms with Crippen molar-refractivity contribution in [3.8, 4) is 0 Å². The zero-order valence-electron chi connectivity index (χ0n) is 5.86. The van der Waals surface area contributed by atoms with Gasteiger partial charge in [0.05, 0.1) is 6.61 Å². The van der Waals surface area contributed by atoms with Crippen LogP contribution in [0.5, 0.6) is 0 Å². The predicted molar refractivity (Wildman–Crippen MR) is 43.3 cm³/mol. The molecule has 10 heavy (non-hydrogen) atoms. The zero-order chi connectivity index (χ0) is 7.24. The minimum absolute atomic E-state index is 0.234. The van der Waals surface area contributed by atoms with Gasteiger partial charge in [0.2, 0.25) is 0 Å². The second-order valence-corrected chi connectivity index (χ2v) is 5.03. The first-order chi connectivity index (χ1) is 4.72. The molecule has 2 atom stereocenters. The maximum Gasteiger partial charge on any atom is 0.0502 e. The van der Waals surface area contributed by atoms with Crippen molar-refractivity contribution in [3.63, 3.8) is 0 Å². The van der Waals surface area contributed by atoms with E-state index >= 15 is 0 Å². The highest BCUT2D eigenvalue weighted by atomic mass is 79.9. The van der Waals surface area contributed by atoms with E-state index in [-0.39, 0.29) is 9.74 Å². The van der Waals surface area contributed by atoms with Gasteiger partial charge >= 0.3 is 0 Å². The summed E-state index contributed by atoms with van der Waals surface area (Å²) >= 11 is 3.66. The lowest BCUT2D eigenvalue weighted by Crippen LogP contribution is -2.38. The molecule has 0 aromatic carbocycles. The van der Waals surface area contributed by atoms with E-state index in [4.69, 9.17) is 5.11 Å². The molecule has 0 amide bonds. The zero-order valence-corrected chi connectivity index (χ0v) is 7.45. The first-order valence-corrected chi connectivity index (χ1v) is 4.52. The average Bonchev–Trinajstić information content (AvgIpc) is 2.56. The monoisotopic (exact) mass is 205 g/mol. The molecule has 0 unspecified atom stereocenters. The van der Waals surface area contributed by atoms with Crippen molar-refractivity contribution < 1.29 is 5.11 Å². The van der Waals surface area contributed by atoms with Gasteiger partial charge < -0.3 is 10.4 Å². The molecule has 2 aliphatic rings. The fraction of sp³-hybridized carbons (Fsp3) is 1.00. The Bertz CT molecular complexity index is 160. The van der Waals surface area contributed by atoms with E-state index in [9.17, 15) is 0 Å². The summed E-state index contributed by atoms with van der Waals surface area (Å²) in [6.45, 7) is 2.43. The number of halogens is 1. The van der Waals surface area contributed by atoms with Crippen molar-refractivity contribution in [1.29, 1.82) is 0 Å². The minimum Gasteiger partial charge on any atom is -0.396 e. The Morgan fingerprint density at radius 3 is 2.90 bits per heavy atom. The molecule has 0 aromatic rings. The molecule has 2 fully saturated rings. The molecule has 3 heteroatoms. The fourth-order valence-electron chi connectivity index (χ4n) is 1.95. The molecule has 1 saturated carbocycles. The Morgan fingerprint density at radius 2 is 2.40 bits per heavy atom. The van der Waals surface area contributed by atoms with Gasteiger partial charge in [-0.2, -0.15) is 0 Å². The molecular formula is C7H12BrNO. The largest absolute Gasteiger partial charge is 0.396 e. The van der Waals surface area contributed by atoms with Gasteiger partial charge in [-0.25, -0.2) is 0 Å². The van der Waals surface area contributed by atoms with Crippen LogP contribution in [0.25, 0.3) is 0 Å². The van der Waals surface area contributed by atoms with Gasteiger partial charge in [-0.1, -0.05) is 15.9 Å². The molecule has 1 saturated heterocycles. The number of rotatable bonds is 1. The van der Waals surface area contributed by atoms with E-state index in [0.29, 0.717) is 6.61 Å². The lowest BCUT2D eigenvalue weighted by Gasteiger charge is -2.25. The molecule has 0 aromatic heterocycles. The van der Waals surface area contributed by atoms with Gasteiger partial charge in [-0.05, 0) is 19.4 Å². The van der Waals surface area contributed by atoms with E-state index in [1.807, 2.05) is 0 Å². The summed E-state index contributed by atoms with van der Waals surface area (Å²) in [5.74, 6) is 0. The van der Waals surface area contributed by atoms with Gasteiger partial charge in [0.25, 0.3) is 0 Å². The highest BCUT2D eigenvalue weighted by molar-refractivity contribution is 9.10. The average molecular weight is 206 g/mol. The van der Waals surface area contributed by atoms with Gasteiger partial charge in [0.1, 0.15) is 0 Å². The third-order valence-corrected chi connectivity index (χ3v) is 4.33. The van der Waals surface area contributed by atoms with Gasteiger partial charge in [-0.3, -0.25) is 0 Å². The molecule has 1 aliphatic carbocycles. The van der Waals surface area contributed by atoms with Gasteiger partial charge in [-0.15, -0.1) is 0 Å². The summed E-state index contributed by atoms with van der Waals surface area (Å²) < 4.78 is 0.243. The Kier molecular flexibility index (Phi) is 1.39. The Morgan fingerprint density at radius 1 is 1.60 bits per heavy atom. The van der Waals surface area contributed by atoms with Crippen LogP contribution in [0.3, 0.4) is 0 Å². The third-order valence-electron chi connectivity index (χ3n) is 2.93. The lowest BCUT2D eigenvalue weighted by atomic mass is 9.97. The molecule has 0 radical (unpaired) electrons. The van der Waals surface area contributed by atoms with E-state index < -0.39 is 0 Å². The number of aliphatic hydroxyl groups is 1. The van der Waals surface area contributed by atoms with Gasteiger partial charge in [0, 0.05) is 16.3 Å². The predicted octanol–water partition coefficient (Wildman–Crippen LogP) is 0.496. The smallest absolute Gasteiger partial charge is 0.0502 e. The van der Waals surface area contributed by atoms with Crippen LogP contribution in [0.15, 0.2) is 0 Å². The van der Waals surface area contributed by atoms with Crippen LogP contribution in [0.4, 0.5) is 0 Å². The Hall–Kier alpha value is 0.400. The number of hydrogen-bond acceptors (Lipinski definition) is 2. The van der Waals surface area contributed by atoms with Crippen molar-refractivity contribution in [2.45, 2.75) is 17.2 Å². The van der Waals surface area contributed by atoms with Crippen molar-refractivity contribution in [3.05, 3.63) is 0 Å². The number of piperidine rings is 1. The third kappa shape index (κ3) is 0.713. The molecule has 58 valence electrons. The van der Waals surface area contributed by atoms with Crippen molar-refractivity contribution in [1.82, 2.24) is 5.32 Å². The van der Waals surface area contributed by atoms with Crippen LogP contribution in [-0.2, 0) is 0 Å². The van der Waals surface area contributed by atoms with Crippen LogP contribution in [0, 0.1) is 5.41 Å². The molecule has 0 spiro atoms. The van der Waals surface area contributed by atoms with E-state index in [2.05, 4.69) is 21.2 Å². The number of aliphatic hydroxyl groups excluding tert-OH is 1. The van der Waals surface area contributed by atoms with Crippen molar-refractivity contribution >= 4 is 15.9 Å². The van der Waals surface area contributed by atoms with E-state index in [1.165, 1.54) is 0 Å².